The molecule has 55 heavy (non-hydrogen) atoms. The van der Waals surface area contributed by atoms with E-state index in [1.54, 1.807) is 0 Å². The van der Waals surface area contributed by atoms with E-state index >= 15 is 0 Å². The third-order valence-electron chi connectivity index (χ3n) is 10.9. The molecule has 0 amide bonds. The van der Waals surface area contributed by atoms with Crippen molar-refractivity contribution in [3.05, 3.63) is 200 Å². The minimum atomic E-state index is 0.860. The van der Waals surface area contributed by atoms with E-state index < -0.39 is 0 Å². The van der Waals surface area contributed by atoms with Gasteiger partial charge in [-0.15, -0.1) is 11.3 Å². The Morgan fingerprint density at radius 3 is 1.71 bits per heavy atom. The first-order valence-corrected chi connectivity index (χ1v) is 19.5. The quantitative estimate of drug-likeness (QED) is 0.170. The zero-order chi connectivity index (χ0) is 36.3. The molecule has 0 saturated carbocycles. The van der Waals surface area contributed by atoms with Gasteiger partial charge in [-0.25, -0.2) is 0 Å². The largest absolute Gasteiger partial charge is 0.453 e. The Balaban J connectivity index is 1.05. The van der Waals surface area contributed by atoms with E-state index in [1.807, 2.05) is 11.3 Å². The van der Waals surface area contributed by atoms with Crippen LogP contribution in [-0.2, 0) is 0 Å². The third kappa shape index (κ3) is 5.40. The summed E-state index contributed by atoms with van der Waals surface area (Å²) in [5, 5.41) is 7.31. The molecule has 2 aromatic heterocycles. The van der Waals surface area contributed by atoms with Gasteiger partial charge in [0.15, 0.2) is 5.58 Å². The average Bonchev–Trinajstić information content (AvgIpc) is 3.83. The van der Waals surface area contributed by atoms with Crippen molar-refractivity contribution in [1.82, 2.24) is 0 Å². The van der Waals surface area contributed by atoms with E-state index in [4.69, 9.17) is 4.42 Å². The Bertz CT molecular complexity index is 3190. The number of furan rings is 1. The average molecular weight is 720 g/mol. The maximum Gasteiger partial charge on any atom is 0.159 e. The van der Waals surface area contributed by atoms with Crippen molar-refractivity contribution in [3.8, 4) is 33.4 Å². The molecule has 0 radical (unpaired) electrons. The first-order chi connectivity index (χ1) is 27.2. The number of anilines is 3. The molecule has 0 bridgehead atoms. The van der Waals surface area contributed by atoms with E-state index in [0.717, 1.165) is 50.1 Å². The van der Waals surface area contributed by atoms with Crippen LogP contribution in [0.3, 0.4) is 0 Å². The summed E-state index contributed by atoms with van der Waals surface area (Å²) in [6.45, 7) is 0. The summed E-state index contributed by atoms with van der Waals surface area (Å²) in [7, 11) is 0. The molecule has 0 aliphatic carbocycles. The van der Waals surface area contributed by atoms with Gasteiger partial charge in [-0.1, -0.05) is 146 Å². The normalized spacial score (nSPS) is 11.6. The van der Waals surface area contributed by atoms with Gasteiger partial charge in [0.25, 0.3) is 0 Å². The van der Waals surface area contributed by atoms with Gasteiger partial charge < -0.3 is 9.32 Å². The molecule has 11 aromatic rings. The van der Waals surface area contributed by atoms with Gasteiger partial charge in [-0.2, -0.15) is 0 Å². The van der Waals surface area contributed by atoms with Gasteiger partial charge in [0.2, 0.25) is 0 Å². The Labute approximate surface area is 322 Å². The fraction of sp³-hybridized carbons (Fsp3) is 0. The second kappa shape index (κ2) is 12.9. The van der Waals surface area contributed by atoms with Gasteiger partial charge in [0, 0.05) is 47.9 Å². The smallest absolute Gasteiger partial charge is 0.159 e. The maximum absolute atomic E-state index is 6.95. The van der Waals surface area contributed by atoms with Gasteiger partial charge in [0.1, 0.15) is 5.58 Å². The van der Waals surface area contributed by atoms with E-state index in [0.29, 0.717) is 0 Å². The SMILES string of the molecule is c1ccc(-c2cccc3c2oc2c(N(c4ccc(-c5ccc6ccccc6c5)cc4)c4ccc(-c5ccc6sc7ccccc7c6c5)cc4)cccc23)cc1. The summed E-state index contributed by atoms with van der Waals surface area (Å²) >= 11 is 1.85. The van der Waals surface area contributed by atoms with Crippen molar-refractivity contribution in [2.45, 2.75) is 0 Å². The minimum absolute atomic E-state index is 0.860. The van der Waals surface area contributed by atoms with Gasteiger partial charge >= 0.3 is 0 Å². The van der Waals surface area contributed by atoms with Crippen LogP contribution in [0.25, 0.3) is 86.3 Å². The highest BCUT2D eigenvalue weighted by Crippen LogP contribution is 2.45. The number of para-hydroxylation sites is 2. The van der Waals surface area contributed by atoms with Crippen molar-refractivity contribution in [2.75, 3.05) is 4.90 Å². The van der Waals surface area contributed by atoms with Crippen LogP contribution < -0.4 is 4.90 Å². The first-order valence-electron chi connectivity index (χ1n) is 18.7. The molecule has 0 atom stereocenters. The highest BCUT2D eigenvalue weighted by molar-refractivity contribution is 7.25. The molecule has 9 aromatic carbocycles. The Morgan fingerprint density at radius 2 is 0.927 bits per heavy atom. The summed E-state index contributed by atoms with van der Waals surface area (Å²) in [4.78, 5) is 2.33. The molecule has 0 aliphatic heterocycles. The summed E-state index contributed by atoms with van der Waals surface area (Å²) in [6, 6.07) is 72.1. The fourth-order valence-electron chi connectivity index (χ4n) is 8.13. The number of fused-ring (bicyclic) bond motifs is 7. The number of hydrogen-bond donors (Lipinski definition) is 0. The number of hydrogen-bond acceptors (Lipinski definition) is 3. The lowest BCUT2D eigenvalue weighted by atomic mass is 10.0. The van der Waals surface area contributed by atoms with E-state index in [1.165, 1.54) is 53.2 Å². The Morgan fingerprint density at radius 1 is 0.345 bits per heavy atom. The third-order valence-corrected chi connectivity index (χ3v) is 12.0. The molecule has 0 spiro atoms. The van der Waals surface area contributed by atoms with Crippen molar-refractivity contribution in [1.29, 1.82) is 0 Å². The molecule has 258 valence electrons. The topological polar surface area (TPSA) is 16.4 Å². The van der Waals surface area contributed by atoms with Crippen molar-refractivity contribution < 1.29 is 4.42 Å². The van der Waals surface area contributed by atoms with Crippen LogP contribution in [0.4, 0.5) is 17.1 Å². The molecule has 3 heteroatoms. The molecule has 0 fully saturated rings. The van der Waals surface area contributed by atoms with Crippen LogP contribution >= 0.6 is 11.3 Å². The monoisotopic (exact) mass is 719 g/mol. The van der Waals surface area contributed by atoms with Crippen LogP contribution in [-0.4, -0.2) is 0 Å². The van der Waals surface area contributed by atoms with Gasteiger partial charge in [-0.05, 0) is 93.2 Å². The number of rotatable bonds is 6. The Kier molecular flexibility index (Phi) is 7.39. The summed E-state index contributed by atoms with van der Waals surface area (Å²) < 4.78 is 9.58. The van der Waals surface area contributed by atoms with Gasteiger partial charge in [-0.3, -0.25) is 0 Å². The number of benzene rings is 9. The molecule has 0 N–H and O–H groups in total. The molecule has 11 rings (SSSR count). The lowest BCUT2D eigenvalue weighted by Gasteiger charge is -2.26. The van der Waals surface area contributed by atoms with Crippen LogP contribution in [0.1, 0.15) is 0 Å². The zero-order valence-corrected chi connectivity index (χ0v) is 30.6. The molecule has 2 heterocycles. The zero-order valence-electron chi connectivity index (χ0n) is 29.8. The maximum atomic E-state index is 6.95. The van der Waals surface area contributed by atoms with Crippen LogP contribution in [0.5, 0.6) is 0 Å². The summed E-state index contributed by atoms with van der Waals surface area (Å²) in [6.07, 6.45) is 0. The molecule has 0 saturated heterocycles. The second-order valence-corrected chi connectivity index (χ2v) is 15.2. The summed E-state index contributed by atoms with van der Waals surface area (Å²) in [5.41, 5.74) is 11.9. The van der Waals surface area contributed by atoms with Crippen LogP contribution in [0.2, 0.25) is 0 Å². The summed E-state index contributed by atoms with van der Waals surface area (Å²) in [5.74, 6) is 0. The molecule has 0 unspecified atom stereocenters. The van der Waals surface area contributed by atoms with Crippen molar-refractivity contribution in [2.24, 2.45) is 0 Å². The van der Waals surface area contributed by atoms with E-state index in [-0.39, 0.29) is 0 Å². The molecule has 2 nitrogen and oxygen atoms in total. The minimum Gasteiger partial charge on any atom is -0.453 e. The predicted octanol–water partition coefficient (Wildman–Crippen LogP) is 15.6. The molecular weight excluding hydrogens is 687 g/mol. The fourth-order valence-corrected chi connectivity index (χ4v) is 9.22. The second-order valence-electron chi connectivity index (χ2n) is 14.1. The predicted molar refractivity (Wildman–Crippen MR) is 235 cm³/mol. The van der Waals surface area contributed by atoms with E-state index in [2.05, 4.69) is 205 Å². The lowest BCUT2D eigenvalue weighted by Crippen LogP contribution is -2.10. The molecule has 0 aliphatic rings. The lowest BCUT2D eigenvalue weighted by molar-refractivity contribution is 0.670. The molecular formula is C52H33NOS. The first kappa shape index (κ1) is 31.6. The highest BCUT2D eigenvalue weighted by Gasteiger charge is 2.21. The van der Waals surface area contributed by atoms with E-state index in [9.17, 15) is 0 Å². The standard InChI is InChI=1S/C52H33NOS/c1-2-11-37(12-3-1)43-15-8-16-45-46-17-9-18-48(52(46)54-51(43)45)53(41-27-22-35(23-28-41)39-21-20-34-10-4-5-13-38(34)32-39)42-29-24-36(25-30-42)40-26-31-50-47(33-40)44-14-6-7-19-49(44)55-50/h1-33H. The number of thiophene rings is 1. The van der Waals surface area contributed by atoms with Crippen molar-refractivity contribution >= 4 is 81.3 Å². The van der Waals surface area contributed by atoms with Crippen LogP contribution in [0, 0.1) is 0 Å². The van der Waals surface area contributed by atoms with Gasteiger partial charge in [0.05, 0.1) is 5.69 Å². The highest BCUT2D eigenvalue weighted by atomic mass is 32.1. The Hall–Kier alpha value is -6.94. The number of nitrogens with zero attached hydrogens (tertiary/aromatic N) is 1. The van der Waals surface area contributed by atoms with Crippen molar-refractivity contribution in [3.63, 3.8) is 0 Å². The van der Waals surface area contributed by atoms with Crippen LogP contribution in [0.15, 0.2) is 205 Å².